The maximum absolute atomic E-state index is 13.6. The Morgan fingerprint density at radius 1 is 1.29 bits per heavy atom. The molecule has 0 amide bonds. The van der Waals surface area contributed by atoms with Gasteiger partial charge in [-0.25, -0.2) is 4.39 Å². The lowest BCUT2D eigenvalue weighted by Gasteiger charge is -2.16. The van der Waals surface area contributed by atoms with Crippen LogP contribution in [0, 0.1) is 22.9 Å². The fraction of sp³-hybridized carbons (Fsp3) is 0.250. The second-order valence-electron chi connectivity index (χ2n) is 5.10. The summed E-state index contributed by atoms with van der Waals surface area (Å²) in [5.41, 5.74) is 2.14. The Morgan fingerprint density at radius 3 is 2.62 bits per heavy atom. The quantitative estimate of drug-likeness (QED) is 0.666. The van der Waals surface area contributed by atoms with E-state index in [0.29, 0.717) is 17.5 Å². The van der Waals surface area contributed by atoms with Crippen LogP contribution in [-0.4, -0.2) is 11.0 Å². The average Bonchev–Trinajstić information content (AvgIpc) is 2.41. The fourth-order valence-electron chi connectivity index (χ4n) is 2.28. The van der Waals surface area contributed by atoms with Crippen molar-refractivity contribution in [3.05, 3.63) is 69.5 Å². The van der Waals surface area contributed by atoms with E-state index in [-0.39, 0.29) is 17.5 Å². The predicted octanol–water partition coefficient (Wildman–Crippen LogP) is 4.09. The Balaban J connectivity index is 2.06. The molecule has 21 heavy (non-hydrogen) atoms. The van der Waals surface area contributed by atoms with Crippen molar-refractivity contribution in [1.29, 1.82) is 0 Å². The molecule has 110 valence electrons. The van der Waals surface area contributed by atoms with E-state index in [1.54, 1.807) is 37.3 Å². The molecule has 2 aromatic rings. The summed E-state index contributed by atoms with van der Waals surface area (Å²) in [6.07, 6.45) is 0.544. The van der Waals surface area contributed by atoms with Gasteiger partial charge in [0.1, 0.15) is 5.82 Å². The van der Waals surface area contributed by atoms with Crippen LogP contribution in [-0.2, 0) is 6.42 Å². The van der Waals surface area contributed by atoms with Gasteiger partial charge in [0.15, 0.2) is 0 Å². The number of halogens is 1. The van der Waals surface area contributed by atoms with E-state index >= 15 is 0 Å². The Morgan fingerprint density at radius 2 is 2.00 bits per heavy atom. The molecular formula is C16H17FN2O2. The van der Waals surface area contributed by atoms with Gasteiger partial charge in [-0.1, -0.05) is 18.2 Å². The summed E-state index contributed by atoms with van der Waals surface area (Å²) in [6, 6.07) is 11.6. The van der Waals surface area contributed by atoms with Gasteiger partial charge in [0.2, 0.25) is 0 Å². The molecule has 5 heteroatoms. The highest BCUT2D eigenvalue weighted by Crippen LogP contribution is 2.22. The zero-order valence-electron chi connectivity index (χ0n) is 12.0. The monoisotopic (exact) mass is 288 g/mol. The minimum absolute atomic E-state index is 0.0164. The van der Waals surface area contributed by atoms with Gasteiger partial charge in [-0.2, -0.15) is 0 Å². The molecule has 0 aliphatic heterocycles. The lowest BCUT2D eigenvalue weighted by atomic mass is 10.1. The van der Waals surface area contributed by atoms with Crippen molar-refractivity contribution in [3.63, 3.8) is 0 Å². The van der Waals surface area contributed by atoms with E-state index in [2.05, 4.69) is 5.32 Å². The minimum Gasteiger partial charge on any atom is -0.382 e. The number of rotatable bonds is 5. The second kappa shape index (κ2) is 6.35. The summed E-state index contributed by atoms with van der Waals surface area (Å²) in [5.74, 6) is -0.217. The molecule has 4 nitrogen and oxygen atoms in total. The molecule has 2 rings (SSSR count). The van der Waals surface area contributed by atoms with Gasteiger partial charge >= 0.3 is 0 Å². The van der Waals surface area contributed by atoms with Gasteiger partial charge in [-0.3, -0.25) is 10.1 Å². The molecule has 0 bridgehead atoms. The van der Waals surface area contributed by atoms with Gasteiger partial charge in [-0.05, 0) is 44.0 Å². The van der Waals surface area contributed by atoms with Crippen molar-refractivity contribution in [2.24, 2.45) is 0 Å². The number of hydrogen-bond acceptors (Lipinski definition) is 3. The standard InChI is InChI=1S/C16H17FN2O2/c1-11-9-14(7-8-16(11)19(20)21)18-12(2)10-13-5-3-4-6-15(13)17/h3-9,12,18H,10H2,1-2H3. The van der Waals surface area contributed by atoms with Crippen molar-refractivity contribution in [3.8, 4) is 0 Å². The van der Waals surface area contributed by atoms with Crippen molar-refractivity contribution < 1.29 is 9.31 Å². The van der Waals surface area contributed by atoms with Gasteiger partial charge in [0.25, 0.3) is 5.69 Å². The molecule has 0 heterocycles. The van der Waals surface area contributed by atoms with Crippen molar-refractivity contribution in [2.45, 2.75) is 26.3 Å². The van der Waals surface area contributed by atoms with Crippen LogP contribution < -0.4 is 5.32 Å². The molecule has 0 radical (unpaired) electrons. The number of hydrogen-bond donors (Lipinski definition) is 1. The first-order valence-electron chi connectivity index (χ1n) is 6.72. The summed E-state index contributed by atoms with van der Waals surface area (Å²) in [4.78, 5) is 10.4. The highest BCUT2D eigenvalue weighted by atomic mass is 19.1. The predicted molar refractivity (Wildman–Crippen MR) is 81.0 cm³/mol. The first-order chi connectivity index (χ1) is 9.97. The Hall–Kier alpha value is -2.43. The summed E-state index contributed by atoms with van der Waals surface area (Å²) >= 11 is 0. The number of nitro groups is 1. The van der Waals surface area contributed by atoms with E-state index in [1.807, 2.05) is 6.92 Å². The Kier molecular flexibility index (Phi) is 4.52. The third kappa shape index (κ3) is 3.78. The summed E-state index contributed by atoms with van der Waals surface area (Å²) < 4.78 is 13.6. The van der Waals surface area contributed by atoms with E-state index < -0.39 is 4.92 Å². The first kappa shape index (κ1) is 15.0. The highest BCUT2D eigenvalue weighted by Gasteiger charge is 2.12. The smallest absolute Gasteiger partial charge is 0.272 e. The van der Waals surface area contributed by atoms with Crippen LogP contribution in [0.25, 0.3) is 0 Å². The van der Waals surface area contributed by atoms with E-state index in [9.17, 15) is 14.5 Å². The fourth-order valence-corrected chi connectivity index (χ4v) is 2.28. The van der Waals surface area contributed by atoms with E-state index in [0.717, 1.165) is 5.69 Å². The molecular weight excluding hydrogens is 271 g/mol. The summed E-state index contributed by atoms with van der Waals surface area (Å²) in [5, 5.41) is 14.0. The van der Waals surface area contributed by atoms with Gasteiger partial charge in [0, 0.05) is 23.4 Å². The maximum Gasteiger partial charge on any atom is 0.272 e. The molecule has 1 unspecified atom stereocenters. The highest BCUT2D eigenvalue weighted by molar-refractivity contribution is 5.54. The molecule has 0 aliphatic rings. The van der Waals surface area contributed by atoms with Crippen LogP contribution in [0.15, 0.2) is 42.5 Å². The number of benzene rings is 2. The molecule has 0 aromatic heterocycles. The third-order valence-corrected chi connectivity index (χ3v) is 3.29. The largest absolute Gasteiger partial charge is 0.382 e. The normalized spacial score (nSPS) is 12.0. The van der Waals surface area contributed by atoms with Gasteiger partial charge in [-0.15, -0.1) is 0 Å². The number of nitro benzene ring substituents is 1. The van der Waals surface area contributed by atoms with Crippen molar-refractivity contribution >= 4 is 11.4 Å². The number of nitrogens with zero attached hydrogens (tertiary/aromatic N) is 1. The lowest BCUT2D eigenvalue weighted by molar-refractivity contribution is -0.385. The average molecular weight is 288 g/mol. The van der Waals surface area contributed by atoms with Gasteiger partial charge < -0.3 is 5.32 Å². The molecule has 1 N–H and O–H groups in total. The third-order valence-electron chi connectivity index (χ3n) is 3.29. The van der Waals surface area contributed by atoms with E-state index in [1.165, 1.54) is 12.1 Å². The minimum atomic E-state index is -0.401. The van der Waals surface area contributed by atoms with Crippen molar-refractivity contribution in [2.75, 3.05) is 5.32 Å². The zero-order chi connectivity index (χ0) is 15.4. The van der Waals surface area contributed by atoms with E-state index in [4.69, 9.17) is 0 Å². The van der Waals surface area contributed by atoms with Crippen molar-refractivity contribution in [1.82, 2.24) is 0 Å². The topological polar surface area (TPSA) is 55.2 Å². The maximum atomic E-state index is 13.6. The molecule has 0 saturated carbocycles. The number of aryl methyl sites for hydroxylation is 1. The second-order valence-corrected chi connectivity index (χ2v) is 5.10. The molecule has 0 fully saturated rings. The number of nitrogens with one attached hydrogen (secondary N) is 1. The van der Waals surface area contributed by atoms with Crippen LogP contribution >= 0.6 is 0 Å². The lowest BCUT2D eigenvalue weighted by Crippen LogP contribution is -2.18. The zero-order valence-corrected chi connectivity index (χ0v) is 12.0. The van der Waals surface area contributed by atoms with Crippen LogP contribution in [0.5, 0.6) is 0 Å². The molecule has 0 spiro atoms. The molecule has 1 atom stereocenters. The molecule has 0 aliphatic carbocycles. The summed E-state index contributed by atoms with van der Waals surface area (Å²) in [6.45, 7) is 3.65. The first-order valence-corrected chi connectivity index (χ1v) is 6.72. The number of anilines is 1. The summed E-state index contributed by atoms with van der Waals surface area (Å²) in [7, 11) is 0. The van der Waals surface area contributed by atoms with Crippen LogP contribution in [0.3, 0.4) is 0 Å². The van der Waals surface area contributed by atoms with Crippen LogP contribution in [0.4, 0.5) is 15.8 Å². The Bertz CT molecular complexity index is 658. The molecule has 2 aromatic carbocycles. The van der Waals surface area contributed by atoms with Crippen LogP contribution in [0.2, 0.25) is 0 Å². The Labute approximate surface area is 122 Å². The molecule has 0 saturated heterocycles. The van der Waals surface area contributed by atoms with Gasteiger partial charge in [0.05, 0.1) is 4.92 Å². The SMILES string of the molecule is Cc1cc(NC(C)Cc2ccccc2F)ccc1[N+](=O)[O-]. The van der Waals surface area contributed by atoms with Crippen LogP contribution in [0.1, 0.15) is 18.1 Å².